The van der Waals surface area contributed by atoms with Gasteiger partial charge in [-0.05, 0) is 31.0 Å². The fraction of sp³-hybridized carbons (Fsp3) is 0.438. The third kappa shape index (κ3) is 5.07. The number of carbonyl (C=O) groups excluding carboxylic acids is 3. The van der Waals surface area contributed by atoms with Crippen LogP contribution in [0, 0.1) is 0 Å². The standard InChI is InChI=1S/C16H20N2O6.ClH/c1-16(17,8-10-5-6-11(19)12(20)7-10)15(23)24-9-18-13(21)3-2-4-14(18)22;/h5-7,19-20H,2-4,8-9,17H2,1H3;1H/t16-;/m0./s1. The van der Waals surface area contributed by atoms with Gasteiger partial charge in [-0.25, -0.2) is 9.69 Å². The summed E-state index contributed by atoms with van der Waals surface area (Å²) in [7, 11) is 0. The summed E-state index contributed by atoms with van der Waals surface area (Å²) < 4.78 is 5.02. The molecule has 1 aromatic carbocycles. The maximum absolute atomic E-state index is 12.2. The molecule has 2 rings (SSSR count). The van der Waals surface area contributed by atoms with E-state index in [0.717, 1.165) is 4.90 Å². The summed E-state index contributed by atoms with van der Waals surface area (Å²) in [6, 6.07) is 4.10. The molecule has 9 heteroatoms. The number of phenolic OH excluding ortho intramolecular Hbond substituents is 2. The minimum absolute atomic E-state index is 0. The first kappa shape index (κ1) is 20.7. The number of aromatic hydroxyl groups is 2. The van der Waals surface area contributed by atoms with Crippen molar-refractivity contribution in [3.8, 4) is 11.5 Å². The number of halogens is 1. The van der Waals surface area contributed by atoms with Crippen LogP contribution in [0.4, 0.5) is 0 Å². The van der Waals surface area contributed by atoms with Crippen LogP contribution in [0.15, 0.2) is 18.2 Å². The summed E-state index contributed by atoms with van der Waals surface area (Å²) in [5, 5.41) is 18.8. The normalized spacial score (nSPS) is 16.8. The molecule has 0 spiro atoms. The van der Waals surface area contributed by atoms with Crippen molar-refractivity contribution in [1.29, 1.82) is 0 Å². The molecule has 1 aliphatic heterocycles. The number of nitrogens with zero attached hydrogens (tertiary/aromatic N) is 1. The molecular formula is C16H21ClN2O6. The molecule has 1 atom stereocenters. The predicted molar refractivity (Wildman–Crippen MR) is 90.0 cm³/mol. The smallest absolute Gasteiger partial charge is 0.327 e. The van der Waals surface area contributed by atoms with Crippen molar-refractivity contribution in [1.82, 2.24) is 4.90 Å². The first-order valence-electron chi connectivity index (χ1n) is 7.51. The Kier molecular flexibility index (Phi) is 6.78. The van der Waals surface area contributed by atoms with Crippen LogP contribution in [0.5, 0.6) is 11.5 Å². The second-order valence-corrected chi connectivity index (χ2v) is 6.05. The highest BCUT2D eigenvalue weighted by Crippen LogP contribution is 2.26. The van der Waals surface area contributed by atoms with E-state index in [0.29, 0.717) is 12.0 Å². The number of phenols is 2. The van der Waals surface area contributed by atoms with Crippen molar-refractivity contribution in [2.24, 2.45) is 5.73 Å². The van der Waals surface area contributed by atoms with Crippen molar-refractivity contribution in [2.45, 2.75) is 38.1 Å². The molecule has 1 heterocycles. The van der Waals surface area contributed by atoms with Gasteiger partial charge in [-0.15, -0.1) is 12.4 Å². The van der Waals surface area contributed by atoms with Crippen LogP contribution >= 0.6 is 12.4 Å². The highest BCUT2D eigenvalue weighted by Gasteiger charge is 2.33. The fourth-order valence-electron chi connectivity index (χ4n) is 2.41. The van der Waals surface area contributed by atoms with Crippen LogP contribution in [0.25, 0.3) is 0 Å². The van der Waals surface area contributed by atoms with Crippen molar-refractivity contribution < 1.29 is 29.3 Å². The molecule has 25 heavy (non-hydrogen) atoms. The van der Waals surface area contributed by atoms with E-state index in [4.69, 9.17) is 10.5 Å². The van der Waals surface area contributed by atoms with Gasteiger partial charge in [0.1, 0.15) is 5.54 Å². The average Bonchev–Trinajstić information content (AvgIpc) is 2.50. The van der Waals surface area contributed by atoms with Crippen LogP contribution in [0.1, 0.15) is 31.7 Å². The lowest BCUT2D eigenvalue weighted by Gasteiger charge is -2.27. The minimum atomic E-state index is -1.43. The summed E-state index contributed by atoms with van der Waals surface area (Å²) in [5.41, 5.74) is 5.06. The average molecular weight is 373 g/mol. The zero-order chi connectivity index (χ0) is 17.9. The van der Waals surface area contributed by atoms with Gasteiger partial charge in [-0.3, -0.25) is 9.59 Å². The number of amides is 2. The summed E-state index contributed by atoms with van der Waals surface area (Å²) in [6.45, 7) is 0.989. The molecular weight excluding hydrogens is 352 g/mol. The Morgan fingerprint density at radius 3 is 2.40 bits per heavy atom. The number of rotatable bonds is 5. The van der Waals surface area contributed by atoms with Crippen LogP contribution in [0.2, 0.25) is 0 Å². The number of imide groups is 1. The van der Waals surface area contributed by atoms with Crippen LogP contribution in [0.3, 0.4) is 0 Å². The molecule has 1 aromatic rings. The Morgan fingerprint density at radius 2 is 1.84 bits per heavy atom. The van der Waals surface area contributed by atoms with Crippen molar-refractivity contribution >= 4 is 30.2 Å². The van der Waals surface area contributed by atoms with E-state index < -0.39 is 18.2 Å². The van der Waals surface area contributed by atoms with Crippen LogP contribution in [-0.2, 0) is 25.5 Å². The van der Waals surface area contributed by atoms with Crippen molar-refractivity contribution in [3.05, 3.63) is 23.8 Å². The fourth-order valence-corrected chi connectivity index (χ4v) is 2.41. The number of nitrogens with two attached hydrogens (primary N) is 1. The summed E-state index contributed by atoms with van der Waals surface area (Å²) in [4.78, 5) is 36.4. The Hall–Kier alpha value is -2.32. The lowest BCUT2D eigenvalue weighted by atomic mass is 9.94. The van der Waals surface area contributed by atoms with Gasteiger partial charge in [0, 0.05) is 19.3 Å². The number of likely N-dealkylation sites (tertiary alicyclic amines) is 1. The van der Waals surface area contributed by atoms with Gasteiger partial charge in [0.2, 0.25) is 11.8 Å². The van der Waals surface area contributed by atoms with Crippen molar-refractivity contribution in [2.75, 3.05) is 6.73 Å². The molecule has 0 bridgehead atoms. The van der Waals surface area contributed by atoms with E-state index in [1.54, 1.807) is 0 Å². The first-order valence-corrected chi connectivity index (χ1v) is 7.51. The Morgan fingerprint density at radius 1 is 1.24 bits per heavy atom. The summed E-state index contributed by atoms with van der Waals surface area (Å²) in [6.07, 6.45) is 1.04. The molecule has 1 fully saturated rings. The first-order chi connectivity index (χ1) is 11.2. The zero-order valence-corrected chi connectivity index (χ0v) is 14.5. The molecule has 4 N–H and O–H groups in total. The molecule has 0 aromatic heterocycles. The monoisotopic (exact) mass is 372 g/mol. The predicted octanol–water partition coefficient (Wildman–Crippen LogP) is 0.819. The lowest BCUT2D eigenvalue weighted by molar-refractivity contribution is -0.164. The molecule has 138 valence electrons. The number of benzene rings is 1. The SMILES string of the molecule is C[C@](N)(Cc1ccc(O)c(O)c1)C(=O)OCN1C(=O)CCCC1=O.Cl. The maximum atomic E-state index is 12.2. The highest BCUT2D eigenvalue weighted by molar-refractivity contribution is 5.97. The number of carbonyl (C=O) groups is 3. The largest absolute Gasteiger partial charge is 0.504 e. The molecule has 0 aliphatic carbocycles. The summed E-state index contributed by atoms with van der Waals surface area (Å²) >= 11 is 0. The number of ether oxygens (including phenoxy) is 1. The molecule has 0 unspecified atom stereocenters. The lowest BCUT2D eigenvalue weighted by Crippen LogP contribution is -2.50. The van der Waals surface area contributed by atoms with Crippen LogP contribution < -0.4 is 5.73 Å². The second kappa shape index (κ2) is 8.17. The topological polar surface area (TPSA) is 130 Å². The molecule has 1 aliphatic rings. The Bertz CT molecular complexity index is 661. The van der Waals surface area contributed by atoms with Gasteiger partial charge in [0.05, 0.1) is 0 Å². The van der Waals surface area contributed by atoms with Gasteiger partial charge in [-0.2, -0.15) is 0 Å². The third-order valence-corrected chi connectivity index (χ3v) is 3.79. The maximum Gasteiger partial charge on any atom is 0.327 e. The van der Waals surface area contributed by atoms with E-state index in [1.807, 2.05) is 0 Å². The molecule has 0 saturated carbocycles. The van der Waals surface area contributed by atoms with E-state index in [2.05, 4.69) is 0 Å². The molecule has 2 amide bonds. The van der Waals surface area contributed by atoms with Gasteiger partial charge in [0.25, 0.3) is 0 Å². The minimum Gasteiger partial charge on any atom is -0.504 e. The highest BCUT2D eigenvalue weighted by atomic mass is 35.5. The Labute approximate surface area is 151 Å². The van der Waals surface area contributed by atoms with Gasteiger partial charge >= 0.3 is 5.97 Å². The number of hydrogen-bond acceptors (Lipinski definition) is 7. The Balaban J connectivity index is 0.00000312. The second-order valence-electron chi connectivity index (χ2n) is 6.05. The summed E-state index contributed by atoms with van der Waals surface area (Å²) in [5.74, 6) is -2.12. The zero-order valence-electron chi connectivity index (χ0n) is 13.7. The number of esters is 1. The number of piperidine rings is 1. The van der Waals surface area contributed by atoms with Crippen LogP contribution in [-0.4, -0.2) is 45.2 Å². The quantitative estimate of drug-likeness (QED) is 0.396. The molecule has 0 radical (unpaired) electrons. The van der Waals surface area contributed by atoms with E-state index in [-0.39, 0.29) is 55.0 Å². The van der Waals surface area contributed by atoms with E-state index >= 15 is 0 Å². The van der Waals surface area contributed by atoms with Gasteiger partial charge in [0.15, 0.2) is 18.2 Å². The van der Waals surface area contributed by atoms with Crippen molar-refractivity contribution in [3.63, 3.8) is 0 Å². The van der Waals surface area contributed by atoms with Gasteiger partial charge in [-0.1, -0.05) is 6.07 Å². The third-order valence-electron chi connectivity index (χ3n) is 3.79. The van der Waals surface area contributed by atoms with Gasteiger partial charge < -0.3 is 20.7 Å². The van der Waals surface area contributed by atoms with E-state index in [1.165, 1.54) is 25.1 Å². The van der Waals surface area contributed by atoms with E-state index in [9.17, 15) is 24.6 Å². The molecule has 1 saturated heterocycles. The number of hydrogen-bond donors (Lipinski definition) is 3. The molecule has 8 nitrogen and oxygen atoms in total.